The summed E-state index contributed by atoms with van der Waals surface area (Å²) in [4.78, 5) is 37.4. The van der Waals surface area contributed by atoms with E-state index in [4.69, 9.17) is 31.0 Å². The minimum atomic E-state index is -0.472. The zero-order valence-electron chi connectivity index (χ0n) is 22.1. The predicted octanol–water partition coefficient (Wildman–Crippen LogP) is 4.69. The van der Waals surface area contributed by atoms with Crippen molar-refractivity contribution in [3.8, 4) is 16.9 Å². The molecule has 0 spiro atoms. The van der Waals surface area contributed by atoms with E-state index in [-0.39, 0.29) is 43.0 Å². The van der Waals surface area contributed by atoms with E-state index in [1.807, 2.05) is 0 Å². The summed E-state index contributed by atoms with van der Waals surface area (Å²) in [5, 5.41) is 4.10. The van der Waals surface area contributed by atoms with Gasteiger partial charge in [0, 0.05) is 49.2 Å². The Balaban J connectivity index is 1.65. The van der Waals surface area contributed by atoms with E-state index in [1.165, 1.54) is 12.1 Å². The van der Waals surface area contributed by atoms with Crippen LogP contribution in [0.25, 0.3) is 27.6 Å². The van der Waals surface area contributed by atoms with Gasteiger partial charge in [0.05, 0.1) is 29.1 Å². The highest BCUT2D eigenvalue weighted by Gasteiger charge is 2.29. The number of fused-ring (bicyclic) bond motifs is 5. The third-order valence-corrected chi connectivity index (χ3v) is 7.18. The molecular formula is C29H29ClFN5O4. The SMILES string of the molecule is C=CC(=O)N1CCN(c2nc(NCCC(=O)OCC)nc3c4c(c(Cl)cc23)-c2c(F)cccc2OCC4=C)CC1. The normalized spacial score (nSPS) is 14.6. The van der Waals surface area contributed by atoms with Gasteiger partial charge in [-0.1, -0.05) is 30.8 Å². The maximum atomic E-state index is 15.2. The average molecular weight is 566 g/mol. The first-order chi connectivity index (χ1) is 19.3. The number of piperazine rings is 1. The van der Waals surface area contributed by atoms with E-state index < -0.39 is 5.82 Å². The number of aromatic nitrogens is 2. The third-order valence-electron chi connectivity index (χ3n) is 6.89. The number of rotatable bonds is 7. The molecule has 2 aromatic carbocycles. The number of benzene rings is 2. The molecule has 40 heavy (non-hydrogen) atoms. The van der Waals surface area contributed by atoms with Crippen molar-refractivity contribution in [1.29, 1.82) is 0 Å². The molecule has 1 amide bonds. The van der Waals surface area contributed by atoms with Crippen LogP contribution in [-0.2, 0) is 14.3 Å². The van der Waals surface area contributed by atoms with Crippen molar-refractivity contribution in [3.63, 3.8) is 0 Å². The standard InChI is InChI=1S/C29H29ClFN5O4/c1-4-22(37)35-11-13-36(14-12-35)28-18-15-19(30)25-24(17(3)16-40-21-8-6-7-20(31)26(21)25)27(18)33-29(34-28)32-10-9-23(38)39-5-2/h4,6-8,15H,1,3,5,9-14,16H2,2H3,(H,32,33,34). The fraction of sp³-hybridized carbons (Fsp3) is 0.310. The van der Waals surface area contributed by atoms with Gasteiger partial charge in [-0.05, 0) is 36.8 Å². The highest BCUT2D eigenvalue weighted by atomic mass is 35.5. The molecule has 0 bridgehead atoms. The van der Waals surface area contributed by atoms with Gasteiger partial charge < -0.3 is 24.6 Å². The second-order valence-corrected chi connectivity index (χ2v) is 9.79. The lowest BCUT2D eigenvalue weighted by Crippen LogP contribution is -2.48. The van der Waals surface area contributed by atoms with E-state index in [0.29, 0.717) is 77.0 Å². The first-order valence-electron chi connectivity index (χ1n) is 13.0. The van der Waals surface area contributed by atoms with Crippen molar-refractivity contribution in [3.05, 3.63) is 59.9 Å². The van der Waals surface area contributed by atoms with E-state index in [0.717, 1.165) is 0 Å². The summed E-state index contributed by atoms with van der Waals surface area (Å²) >= 11 is 6.87. The van der Waals surface area contributed by atoms with Crippen LogP contribution in [0.2, 0.25) is 5.02 Å². The molecule has 2 aliphatic heterocycles. The van der Waals surface area contributed by atoms with Crippen LogP contribution in [0.3, 0.4) is 0 Å². The Morgan fingerprint density at radius 2 is 1.98 bits per heavy atom. The second kappa shape index (κ2) is 11.5. The quantitative estimate of drug-likeness (QED) is 0.325. The van der Waals surface area contributed by atoms with Crippen LogP contribution in [0.5, 0.6) is 5.75 Å². The van der Waals surface area contributed by atoms with Gasteiger partial charge >= 0.3 is 5.97 Å². The largest absolute Gasteiger partial charge is 0.488 e. The molecule has 0 atom stereocenters. The van der Waals surface area contributed by atoms with Gasteiger partial charge in [-0.2, -0.15) is 4.98 Å². The Morgan fingerprint density at radius 1 is 1.20 bits per heavy atom. The fourth-order valence-electron chi connectivity index (χ4n) is 5.01. The summed E-state index contributed by atoms with van der Waals surface area (Å²) < 4.78 is 26.1. The number of anilines is 2. The lowest BCUT2D eigenvalue weighted by Gasteiger charge is -2.35. The van der Waals surface area contributed by atoms with Gasteiger partial charge in [-0.25, -0.2) is 9.37 Å². The molecule has 3 heterocycles. The minimum absolute atomic E-state index is 0.117. The Bertz CT molecular complexity index is 1520. The number of carbonyl (C=O) groups excluding carboxylic acids is 2. The maximum absolute atomic E-state index is 15.2. The Morgan fingerprint density at radius 3 is 2.70 bits per heavy atom. The summed E-state index contributed by atoms with van der Waals surface area (Å²) in [6, 6.07) is 6.38. The molecule has 1 saturated heterocycles. The van der Waals surface area contributed by atoms with Crippen LogP contribution in [0.1, 0.15) is 18.9 Å². The molecule has 5 rings (SSSR count). The number of ether oxygens (including phenoxy) is 2. The topological polar surface area (TPSA) is 96.9 Å². The third kappa shape index (κ3) is 5.19. The molecule has 11 heteroatoms. The van der Waals surface area contributed by atoms with E-state index in [2.05, 4.69) is 23.4 Å². The number of halogens is 2. The van der Waals surface area contributed by atoms with Gasteiger partial charge in [0.2, 0.25) is 11.9 Å². The smallest absolute Gasteiger partial charge is 0.307 e. The Hall–Kier alpha value is -4.18. The highest BCUT2D eigenvalue weighted by Crippen LogP contribution is 2.47. The molecule has 9 nitrogen and oxygen atoms in total. The van der Waals surface area contributed by atoms with Gasteiger partial charge in [0.15, 0.2) is 0 Å². The number of carbonyl (C=O) groups is 2. The lowest BCUT2D eigenvalue weighted by molar-refractivity contribution is -0.142. The van der Waals surface area contributed by atoms with Crippen molar-refractivity contribution >= 4 is 51.7 Å². The monoisotopic (exact) mass is 565 g/mol. The molecule has 0 unspecified atom stereocenters. The number of esters is 1. The van der Waals surface area contributed by atoms with Crippen LogP contribution in [0.4, 0.5) is 16.2 Å². The first-order valence-corrected chi connectivity index (χ1v) is 13.4. The van der Waals surface area contributed by atoms with E-state index in [9.17, 15) is 9.59 Å². The minimum Gasteiger partial charge on any atom is -0.488 e. The van der Waals surface area contributed by atoms with Gasteiger partial charge in [0.1, 0.15) is 24.0 Å². The zero-order valence-corrected chi connectivity index (χ0v) is 22.9. The molecule has 0 saturated carbocycles. The van der Waals surface area contributed by atoms with Crippen molar-refractivity contribution in [1.82, 2.24) is 14.9 Å². The van der Waals surface area contributed by atoms with Gasteiger partial charge in [0.25, 0.3) is 0 Å². The summed E-state index contributed by atoms with van der Waals surface area (Å²) in [6.45, 7) is 12.2. The van der Waals surface area contributed by atoms with Crippen molar-refractivity contribution in [2.24, 2.45) is 0 Å². The van der Waals surface area contributed by atoms with Gasteiger partial charge in [-0.3, -0.25) is 9.59 Å². The number of amides is 1. The second-order valence-electron chi connectivity index (χ2n) is 9.38. The van der Waals surface area contributed by atoms with Crippen molar-refractivity contribution in [2.45, 2.75) is 13.3 Å². The van der Waals surface area contributed by atoms with Crippen LogP contribution in [0, 0.1) is 5.82 Å². The number of nitrogens with one attached hydrogen (secondary N) is 1. The summed E-state index contributed by atoms with van der Waals surface area (Å²) in [7, 11) is 0. The summed E-state index contributed by atoms with van der Waals surface area (Å²) in [6.07, 6.45) is 1.44. The predicted molar refractivity (Wildman–Crippen MR) is 153 cm³/mol. The summed E-state index contributed by atoms with van der Waals surface area (Å²) in [5.41, 5.74) is 2.38. The average Bonchev–Trinajstić information content (AvgIpc) is 3.10. The molecule has 0 aliphatic carbocycles. The van der Waals surface area contributed by atoms with Crippen LogP contribution < -0.4 is 15.0 Å². The van der Waals surface area contributed by atoms with Crippen LogP contribution >= 0.6 is 11.6 Å². The van der Waals surface area contributed by atoms with Crippen LogP contribution in [0.15, 0.2) is 43.5 Å². The summed E-state index contributed by atoms with van der Waals surface area (Å²) in [5.74, 6) is 0.320. The van der Waals surface area contributed by atoms with Crippen molar-refractivity contribution in [2.75, 3.05) is 56.2 Å². The van der Waals surface area contributed by atoms with Gasteiger partial charge in [-0.15, -0.1) is 0 Å². The Labute approximate surface area is 236 Å². The van der Waals surface area contributed by atoms with E-state index >= 15 is 4.39 Å². The molecule has 1 N–H and O–H groups in total. The number of hydrogen-bond acceptors (Lipinski definition) is 8. The zero-order chi connectivity index (χ0) is 28.4. The molecular weight excluding hydrogens is 537 g/mol. The molecule has 1 fully saturated rings. The first kappa shape index (κ1) is 27.4. The fourth-order valence-corrected chi connectivity index (χ4v) is 5.31. The van der Waals surface area contributed by atoms with Crippen LogP contribution in [-0.4, -0.2) is 72.7 Å². The van der Waals surface area contributed by atoms with Crippen molar-refractivity contribution < 1.29 is 23.5 Å². The Kier molecular flexibility index (Phi) is 7.88. The molecule has 2 aliphatic rings. The van der Waals surface area contributed by atoms with E-state index in [1.54, 1.807) is 30.0 Å². The molecule has 0 radical (unpaired) electrons. The maximum Gasteiger partial charge on any atom is 0.307 e. The molecule has 208 valence electrons. The number of hydrogen-bond donors (Lipinski definition) is 1. The number of nitrogens with zero attached hydrogens (tertiary/aromatic N) is 4. The highest BCUT2D eigenvalue weighted by molar-refractivity contribution is 6.35. The molecule has 3 aromatic rings. The lowest BCUT2D eigenvalue weighted by atomic mass is 9.92. The molecule has 1 aromatic heterocycles.